The topological polar surface area (TPSA) is 38.3 Å². The molecule has 0 saturated heterocycles. The molecule has 0 amide bonds. The maximum Gasteiger partial charge on any atom is 0.334 e. The van der Waals surface area contributed by atoms with Crippen molar-refractivity contribution in [2.75, 3.05) is 18.9 Å². The largest absolute Gasteiger partial charge is 0.463 e. The average Bonchev–Trinajstić information content (AvgIpc) is 2.74. The zero-order chi connectivity index (χ0) is 12.7. The molecule has 0 aromatic heterocycles. The van der Waals surface area contributed by atoms with Crippen molar-refractivity contribution < 1.29 is 9.53 Å². The molecule has 3 nitrogen and oxygen atoms in total. The van der Waals surface area contributed by atoms with Crippen molar-refractivity contribution in [3.05, 3.63) is 12.2 Å². The van der Waals surface area contributed by atoms with E-state index in [2.05, 4.69) is 18.8 Å². The first-order valence-corrected chi connectivity index (χ1v) is 7.42. The fourth-order valence-corrected chi connectivity index (χ4v) is 3.23. The van der Waals surface area contributed by atoms with Crippen molar-refractivity contribution in [1.82, 2.24) is 5.32 Å². The third-order valence-corrected chi connectivity index (χ3v) is 4.19. The standard InChI is InChI=1S/C13H23NO2S/c1-4-16-13(15)10(3)9-14-11-6-7-12(8-11)17-5-2/h11-12,14H,3-9H2,1-2H3. The summed E-state index contributed by atoms with van der Waals surface area (Å²) in [5.41, 5.74) is 0.526. The number of hydrogen-bond acceptors (Lipinski definition) is 4. The van der Waals surface area contributed by atoms with E-state index in [9.17, 15) is 4.79 Å². The minimum Gasteiger partial charge on any atom is -0.463 e. The lowest BCUT2D eigenvalue weighted by Crippen LogP contribution is -2.30. The zero-order valence-electron chi connectivity index (χ0n) is 10.8. The van der Waals surface area contributed by atoms with E-state index in [1.807, 2.05) is 18.7 Å². The summed E-state index contributed by atoms with van der Waals surface area (Å²) in [5.74, 6) is 0.907. The van der Waals surface area contributed by atoms with Gasteiger partial charge in [0.15, 0.2) is 0 Å². The van der Waals surface area contributed by atoms with Crippen LogP contribution in [0.5, 0.6) is 0 Å². The Hall–Kier alpha value is -0.480. The molecule has 1 N–H and O–H groups in total. The number of carbonyl (C=O) groups excluding carboxylic acids is 1. The lowest BCUT2D eigenvalue weighted by atomic mass is 10.2. The van der Waals surface area contributed by atoms with Gasteiger partial charge in [-0.1, -0.05) is 13.5 Å². The Balaban J connectivity index is 2.19. The molecular weight excluding hydrogens is 234 g/mol. The highest BCUT2D eigenvalue weighted by atomic mass is 32.2. The Morgan fingerprint density at radius 1 is 1.47 bits per heavy atom. The molecule has 98 valence electrons. The highest BCUT2D eigenvalue weighted by Crippen LogP contribution is 2.29. The molecule has 0 heterocycles. The van der Waals surface area contributed by atoms with Gasteiger partial charge in [0, 0.05) is 23.4 Å². The van der Waals surface area contributed by atoms with Crippen molar-refractivity contribution in [3.8, 4) is 0 Å². The van der Waals surface area contributed by atoms with Crippen LogP contribution in [0.25, 0.3) is 0 Å². The lowest BCUT2D eigenvalue weighted by molar-refractivity contribution is -0.138. The summed E-state index contributed by atoms with van der Waals surface area (Å²) in [4.78, 5) is 11.3. The van der Waals surface area contributed by atoms with Gasteiger partial charge in [-0.2, -0.15) is 11.8 Å². The molecule has 2 unspecified atom stereocenters. The van der Waals surface area contributed by atoms with E-state index in [-0.39, 0.29) is 5.97 Å². The molecule has 0 spiro atoms. The molecule has 0 bridgehead atoms. The van der Waals surface area contributed by atoms with Crippen molar-refractivity contribution in [2.24, 2.45) is 0 Å². The van der Waals surface area contributed by atoms with Gasteiger partial charge in [-0.05, 0) is 31.9 Å². The maximum atomic E-state index is 11.3. The fourth-order valence-electron chi connectivity index (χ4n) is 2.09. The predicted molar refractivity (Wildman–Crippen MR) is 73.3 cm³/mol. The van der Waals surface area contributed by atoms with Crippen LogP contribution in [0.3, 0.4) is 0 Å². The second-order valence-corrected chi connectivity index (χ2v) is 5.87. The van der Waals surface area contributed by atoms with Crippen LogP contribution in [-0.2, 0) is 9.53 Å². The van der Waals surface area contributed by atoms with Gasteiger partial charge in [-0.3, -0.25) is 0 Å². The van der Waals surface area contributed by atoms with Crippen LogP contribution < -0.4 is 5.32 Å². The molecule has 0 aliphatic heterocycles. The van der Waals surface area contributed by atoms with Gasteiger partial charge >= 0.3 is 5.97 Å². The number of ether oxygens (including phenoxy) is 1. The van der Waals surface area contributed by atoms with E-state index in [1.165, 1.54) is 25.0 Å². The summed E-state index contributed by atoms with van der Waals surface area (Å²) >= 11 is 2.04. The van der Waals surface area contributed by atoms with Crippen LogP contribution >= 0.6 is 11.8 Å². The fraction of sp³-hybridized carbons (Fsp3) is 0.769. The third kappa shape index (κ3) is 5.13. The summed E-state index contributed by atoms with van der Waals surface area (Å²) in [6.45, 7) is 8.72. The molecule has 0 aromatic carbocycles. The molecule has 1 fully saturated rings. The number of thioether (sulfide) groups is 1. The minimum absolute atomic E-state index is 0.280. The van der Waals surface area contributed by atoms with Crippen molar-refractivity contribution >= 4 is 17.7 Å². The van der Waals surface area contributed by atoms with Crippen LogP contribution in [0.1, 0.15) is 33.1 Å². The first kappa shape index (κ1) is 14.6. The van der Waals surface area contributed by atoms with E-state index < -0.39 is 0 Å². The normalized spacial score (nSPS) is 23.6. The second-order valence-electron chi connectivity index (χ2n) is 4.29. The van der Waals surface area contributed by atoms with Crippen molar-refractivity contribution in [2.45, 2.75) is 44.4 Å². The van der Waals surface area contributed by atoms with E-state index in [4.69, 9.17) is 4.74 Å². The van der Waals surface area contributed by atoms with Crippen LogP contribution in [-0.4, -0.2) is 36.2 Å². The zero-order valence-corrected chi connectivity index (χ0v) is 11.6. The molecule has 4 heteroatoms. The first-order valence-electron chi connectivity index (χ1n) is 6.37. The highest BCUT2D eigenvalue weighted by molar-refractivity contribution is 7.99. The summed E-state index contributed by atoms with van der Waals surface area (Å²) in [6.07, 6.45) is 3.68. The van der Waals surface area contributed by atoms with E-state index in [1.54, 1.807) is 0 Å². The van der Waals surface area contributed by atoms with Crippen molar-refractivity contribution in [1.29, 1.82) is 0 Å². The quantitative estimate of drug-likeness (QED) is 0.561. The molecule has 1 saturated carbocycles. The molecule has 2 atom stereocenters. The van der Waals surface area contributed by atoms with Crippen LogP contribution in [0.4, 0.5) is 0 Å². The van der Waals surface area contributed by atoms with E-state index >= 15 is 0 Å². The average molecular weight is 257 g/mol. The Labute approximate surface area is 108 Å². The van der Waals surface area contributed by atoms with Gasteiger partial charge in [0.05, 0.1) is 6.61 Å². The van der Waals surface area contributed by atoms with Crippen molar-refractivity contribution in [3.63, 3.8) is 0 Å². The minimum atomic E-state index is -0.280. The SMILES string of the molecule is C=C(CNC1CCC(SCC)C1)C(=O)OCC. The predicted octanol–water partition coefficient (Wildman–Crippen LogP) is 2.37. The third-order valence-electron chi connectivity index (χ3n) is 2.96. The lowest BCUT2D eigenvalue weighted by Gasteiger charge is -2.13. The molecule has 1 aliphatic carbocycles. The van der Waals surface area contributed by atoms with E-state index in [0.717, 1.165) is 5.25 Å². The second kappa shape index (κ2) is 7.77. The molecule has 0 aromatic rings. The monoisotopic (exact) mass is 257 g/mol. The van der Waals surface area contributed by atoms with Crippen LogP contribution in [0.2, 0.25) is 0 Å². The molecule has 1 aliphatic rings. The van der Waals surface area contributed by atoms with Gasteiger partial charge in [0.2, 0.25) is 0 Å². The summed E-state index contributed by atoms with van der Waals surface area (Å²) in [7, 11) is 0. The van der Waals surface area contributed by atoms with E-state index in [0.29, 0.717) is 24.8 Å². The maximum absolute atomic E-state index is 11.3. The Kier molecular flexibility index (Phi) is 6.66. The number of hydrogen-bond donors (Lipinski definition) is 1. The molecule has 0 radical (unpaired) electrons. The van der Waals surface area contributed by atoms with Gasteiger partial charge in [0.25, 0.3) is 0 Å². The molecule has 17 heavy (non-hydrogen) atoms. The number of esters is 1. The number of carbonyl (C=O) groups is 1. The Bertz CT molecular complexity index is 268. The highest BCUT2D eigenvalue weighted by Gasteiger charge is 2.24. The molecule has 1 rings (SSSR count). The summed E-state index contributed by atoms with van der Waals surface area (Å²) in [6, 6.07) is 0.533. The van der Waals surface area contributed by atoms with Gasteiger partial charge in [0.1, 0.15) is 0 Å². The van der Waals surface area contributed by atoms with Crippen LogP contribution in [0, 0.1) is 0 Å². The first-order chi connectivity index (χ1) is 8.17. The molecular formula is C13H23NO2S. The number of rotatable bonds is 7. The summed E-state index contributed by atoms with van der Waals surface area (Å²) in [5, 5.41) is 4.18. The van der Waals surface area contributed by atoms with Gasteiger partial charge < -0.3 is 10.1 Å². The number of nitrogens with one attached hydrogen (secondary N) is 1. The van der Waals surface area contributed by atoms with Crippen LogP contribution in [0.15, 0.2) is 12.2 Å². The van der Waals surface area contributed by atoms with Gasteiger partial charge in [-0.15, -0.1) is 0 Å². The Morgan fingerprint density at radius 2 is 2.24 bits per heavy atom. The van der Waals surface area contributed by atoms with Gasteiger partial charge in [-0.25, -0.2) is 4.79 Å². The summed E-state index contributed by atoms with van der Waals surface area (Å²) < 4.78 is 4.90. The smallest absolute Gasteiger partial charge is 0.334 e. The Morgan fingerprint density at radius 3 is 2.88 bits per heavy atom.